The van der Waals surface area contributed by atoms with Crippen molar-refractivity contribution in [3.8, 4) is 0 Å². The molecule has 86 valence electrons. The molecule has 2 aliphatic carbocycles. The van der Waals surface area contributed by atoms with Crippen LogP contribution in [0.25, 0.3) is 0 Å². The van der Waals surface area contributed by atoms with Crippen LogP contribution in [-0.2, 0) is 11.2 Å². The van der Waals surface area contributed by atoms with Gasteiger partial charge in [-0.05, 0) is 42.2 Å². The Hall–Kier alpha value is -1.25. The van der Waals surface area contributed by atoms with Crippen LogP contribution < -0.4 is 0 Å². The van der Waals surface area contributed by atoms with Crippen molar-refractivity contribution in [3.05, 3.63) is 23.0 Å². The summed E-state index contributed by atoms with van der Waals surface area (Å²) in [5.41, 5.74) is 3.26. The molecule has 1 heterocycles. The van der Waals surface area contributed by atoms with E-state index in [-0.39, 0.29) is 5.97 Å². The fraction of sp³-hybridized carbons (Fsp3) is 0.615. The number of methoxy groups -OCH3 is 1. The lowest BCUT2D eigenvalue weighted by Crippen LogP contribution is -2.01. The number of aromatic amines is 1. The molecule has 3 nitrogen and oxygen atoms in total. The van der Waals surface area contributed by atoms with Crippen molar-refractivity contribution in [1.82, 2.24) is 4.98 Å². The van der Waals surface area contributed by atoms with Crippen LogP contribution in [0.1, 0.15) is 47.4 Å². The van der Waals surface area contributed by atoms with Crippen LogP contribution in [0.15, 0.2) is 6.07 Å². The number of carbonyl (C=O) groups excluding carboxylic acids is 1. The number of hydrogen-bond donors (Lipinski definition) is 1. The van der Waals surface area contributed by atoms with Gasteiger partial charge < -0.3 is 9.72 Å². The fourth-order valence-electron chi connectivity index (χ4n) is 3.35. The second-order valence-corrected chi connectivity index (χ2v) is 4.95. The number of esters is 1. The first-order valence-corrected chi connectivity index (χ1v) is 6.06. The van der Waals surface area contributed by atoms with Gasteiger partial charge in [-0.2, -0.15) is 0 Å². The van der Waals surface area contributed by atoms with E-state index in [1.165, 1.54) is 31.2 Å². The molecule has 0 aromatic carbocycles. The molecule has 1 N–H and O–H groups in total. The minimum Gasteiger partial charge on any atom is -0.464 e. The molecule has 1 fully saturated rings. The molecule has 1 aromatic heterocycles. The molecule has 0 amide bonds. The molecular weight excluding hydrogens is 202 g/mol. The van der Waals surface area contributed by atoms with E-state index < -0.39 is 0 Å². The Morgan fingerprint density at radius 2 is 2.44 bits per heavy atom. The van der Waals surface area contributed by atoms with Gasteiger partial charge in [-0.25, -0.2) is 4.79 Å². The average molecular weight is 219 g/mol. The van der Waals surface area contributed by atoms with Crippen LogP contribution >= 0.6 is 0 Å². The smallest absolute Gasteiger partial charge is 0.354 e. The standard InChI is InChI=1S/C13H17NO2/c1-3-4-7-8-5-10-9(12(7)8)6-11(14-10)13(15)16-2/h6-8,12,14H,3-5H2,1-2H3/t7?,8-,12+/m1/s1. The first-order chi connectivity index (χ1) is 7.76. The third-order valence-corrected chi connectivity index (χ3v) is 4.09. The number of H-pyrrole nitrogens is 1. The summed E-state index contributed by atoms with van der Waals surface area (Å²) in [6, 6.07) is 2.00. The zero-order valence-corrected chi connectivity index (χ0v) is 9.75. The van der Waals surface area contributed by atoms with Crippen LogP contribution in [-0.4, -0.2) is 18.1 Å². The van der Waals surface area contributed by atoms with Gasteiger partial charge in [-0.15, -0.1) is 0 Å². The van der Waals surface area contributed by atoms with Crippen LogP contribution in [0.5, 0.6) is 0 Å². The number of carbonyl (C=O) groups is 1. The highest BCUT2D eigenvalue weighted by Crippen LogP contribution is 2.63. The van der Waals surface area contributed by atoms with Crippen molar-refractivity contribution in [2.24, 2.45) is 11.8 Å². The second kappa shape index (κ2) is 3.37. The first kappa shape index (κ1) is 9.94. The fourth-order valence-corrected chi connectivity index (χ4v) is 3.35. The topological polar surface area (TPSA) is 42.1 Å². The van der Waals surface area contributed by atoms with E-state index >= 15 is 0 Å². The highest BCUT2D eigenvalue weighted by atomic mass is 16.5. The monoisotopic (exact) mass is 219 g/mol. The van der Waals surface area contributed by atoms with Crippen molar-refractivity contribution in [2.75, 3.05) is 7.11 Å². The highest BCUT2D eigenvalue weighted by molar-refractivity contribution is 5.88. The molecule has 0 radical (unpaired) electrons. The number of aromatic nitrogens is 1. The normalized spacial score (nSPS) is 29.8. The predicted molar refractivity (Wildman–Crippen MR) is 60.5 cm³/mol. The molecule has 1 unspecified atom stereocenters. The Bertz CT molecular complexity index is 435. The molecule has 16 heavy (non-hydrogen) atoms. The molecule has 3 rings (SSSR count). The zero-order valence-electron chi connectivity index (χ0n) is 9.75. The van der Waals surface area contributed by atoms with E-state index in [0.717, 1.165) is 24.2 Å². The molecule has 0 spiro atoms. The Labute approximate surface area is 95.2 Å². The third kappa shape index (κ3) is 1.24. The highest BCUT2D eigenvalue weighted by Gasteiger charge is 2.55. The lowest BCUT2D eigenvalue weighted by Gasteiger charge is -2.00. The van der Waals surface area contributed by atoms with Crippen LogP contribution in [0.2, 0.25) is 0 Å². The number of nitrogens with one attached hydrogen (secondary N) is 1. The molecule has 3 heteroatoms. The quantitative estimate of drug-likeness (QED) is 0.793. The molecule has 3 atom stereocenters. The third-order valence-electron chi connectivity index (χ3n) is 4.09. The molecule has 0 saturated heterocycles. The summed E-state index contributed by atoms with van der Waals surface area (Å²) in [5.74, 6) is 2.20. The van der Waals surface area contributed by atoms with Crippen molar-refractivity contribution in [3.63, 3.8) is 0 Å². The summed E-state index contributed by atoms with van der Waals surface area (Å²) < 4.78 is 4.73. The maximum atomic E-state index is 11.4. The minimum atomic E-state index is -0.251. The van der Waals surface area contributed by atoms with Gasteiger partial charge in [-0.1, -0.05) is 13.3 Å². The van der Waals surface area contributed by atoms with Gasteiger partial charge in [0.05, 0.1) is 7.11 Å². The Morgan fingerprint density at radius 1 is 1.62 bits per heavy atom. The van der Waals surface area contributed by atoms with Gasteiger partial charge in [0, 0.05) is 5.69 Å². The number of rotatable bonds is 3. The van der Waals surface area contributed by atoms with Gasteiger partial charge >= 0.3 is 5.97 Å². The Kier molecular flexibility index (Phi) is 2.09. The van der Waals surface area contributed by atoms with Crippen molar-refractivity contribution < 1.29 is 9.53 Å². The second-order valence-electron chi connectivity index (χ2n) is 4.95. The summed E-state index contributed by atoms with van der Waals surface area (Å²) in [4.78, 5) is 14.6. The summed E-state index contributed by atoms with van der Waals surface area (Å²) >= 11 is 0. The van der Waals surface area contributed by atoms with Gasteiger partial charge in [0.15, 0.2) is 0 Å². The van der Waals surface area contributed by atoms with Crippen LogP contribution in [0.4, 0.5) is 0 Å². The number of hydrogen-bond acceptors (Lipinski definition) is 2. The van der Waals surface area contributed by atoms with Gasteiger partial charge in [0.25, 0.3) is 0 Å². The number of ether oxygens (including phenoxy) is 1. The van der Waals surface area contributed by atoms with E-state index in [1.54, 1.807) is 0 Å². The predicted octanol–water partition coefficient (Wildman–Crippen LogP) is 2.49. The minimum absolute atomic E-state index is 0.251. The largest absolute Gasteiger partial charge is 0.464 e. The van der Waals surface area contributed by atoms with Gasteiger partial charge in [0.2, 0.25) is 0 Å². The summed E-state index contributed by atoms with van der Waals surface area (Å²) in [5, 5.41) is 0. The van der Waals surface area contributed by atoms with Gasteiger partial charge in [-0.3, -0.25) is 0 Å². The number of fused-ring (bicyclic) bond motifs is 3. The first-order valence-electron chi connectivity index (χ1n) is 6.06. The molecule has 2 aliphatic rings. The average Bonchev–Trinajstić information content (AvgIpc) is 2.65. The maximum absolute atomic E-state index is 11.4. The summed E-state index contributed by atoms with van der Waals surface area (Å²) in [6.45, 7) is 2.24. The summed E-state index contributed by atoms with van der Waals surface area (Å²) in [6.07, 6.45) is 3.72. The van der Waals surface area contributed by atoms with E-state index in [2.05, 4.69) is 11.9 Å². The SMILES string of the molecule is CCCC1[C@H]2Cc3[nH]c(C(=O)OC)cc3[C@@H]12. The van der Waals surface area contributed by atoms with Crippen LogP contribution in [0.3, 0.4) is 0 Å². The lowest BCUT2D eigenvalue weighted by molar-refractivity contribution is 0.0594. The zero-order chi connectivity index (χ0) is 11.3. The van der Waals surface area contributed by atoms with Crippen LogP contribution in [0, 0.1) is 11.8 Å². The van der Waals surface area contributed by atoms with E-state index in [0.29, 0.717) is 5.69 Å². The van der Waals surface area contributed by atoms with Crippen molar-refractivity contribution >= 4 is 5.97 Å². The van der Waals surface area contributed by atoms with Crippen molar-refractivity contribution in [2.45, 2.75) is 32.1 Å². The molecule has 0 aliphatic heterocycles. The van der Waals surface area contributed by atoms with E-state index in [1.807, 2.05) is 6.07 Å². The molecule has 0 bridgehead atoms. The lowest BCUT2D eigenvalue weighted by atomic mass is 10.1. The Balaban J connectivity index is 1.82. The van der Waals surface area contributed by atoms with E-state index in [9.17, 15) is 4.79 Å². The Morgan fingerprint density at radius 3 is 3.12 bits per heavy atom. The van der Waals surface area contributed by atoms with E-state index in [4.69, 9.17) is 4.74 Å². The summed E-state index contributed by atoms with van der Waals surface area (Å²) in [7, 11) is 1.42. The molecular formula is C13H17NO2. The van der Waals surface area contributed by atoms with Gasteiger partial charge in [0.1, 0.15) is 5.69 Å². The molecule has 1 aromatic rings. The maximum Gasteiger partial charge on any atom is 0.354 e. The molecule has 1 saturated carbocycles. The van der Waals surface area contributed by atoms with Crippen molar-refractivity contribution in [1.29, 1.82) is 0 Å².